The van der Waals surface area contributed by atoms with E-state index >= 15 is 0 Å². The lowest BCUT2D eigenvalue weighted by Gasteiger charge is -2.20. The molecule has 0 aliphatic heterocycles. The largest absolute Gasteiger partial charge is 0.507 e. The molecule has 0 amide bonds. The molecule has 3 nitrogen and oxygen atoms in total. The molecule has 0 unspecified atom stereocenters. The minimum atomic E-state index is -0.0954. The van der Waals surface area contributed by atoms with Crippen LogP contribution in [-0.2, 0) is 6.42 Å². The molecule has 3 aromatic carbocycles. The van der Waals surface area contributed by atoms with E-state index in [2.05, 4.69) is 0 Å². The number of Topliss-reactive ketones (excluding diaryl/α,β-unsaturated/α-hetero) is 1. The van der Waals surface area contributed by atoms with E-state index in [4.69, 9.17) is 0 Å². The van der Waals surface area contributed by atoms with Gasteiger partial charge in [0, 0.05) is 24.8 Å². The van der Waals surface area contributed by atoms with Gasteiger partial charge in [-0.05, 0) is 35.9 Å². The van der Waals surface area contributed by atoms with Gasteiger partial charge in [0.2, 0.25) is 0 Å². The van der Waals surface area contributed by atoms with Crippen molar-refractivity contribution in [1.29, 1.82) is 0 Å². The third-order valence-corrected chi connectivity index (χ3v) is 4.02. The summed E-state index contributed by atoms with van der Waals surface area (Å²) in [6.07, 6.45) is 0.271. The summed E-state index contributed by atoms with van der Waals surface area (Å²) in [5, 5.41) is 10.1. The van der Waals surface area contributed by atoms with Crippen molar-refractivity contribution in [1.82, 2.24) is 0 Å². The number of hydrogen-bond acceptors (Lipinski definition) is 3. The topological polar surface area (TPSA) is 40.5 Å². The Kier molecular flexibility index (Phi) is 4.62. The van der Waals surface area contributed by atoms with Crippen molar-refractivity contribution in [3.63, 3.8) is 0 Å². The van der Waals surface area contributed by atoms with Gasteiger partial charge in [0.05, 0.1) is 5.56 Å². The molecular formula is C21H19NO2. The third kappa shape index (κ3) is 3.46. The minimum Gasteiger partial charge on any atom is -0.507 e. The SMILES string of the molecule is CN(c1ccccc1)c1ccc(O)c(C(=O)Cc2ccccc2)c1. The molecule has 24 heavy (non-hydrogen) atoms. The normalized spacial score (nSPS) is 10.4. The first-order chi connectivity index (χ1) is 11.6. The lowest BCUT2D eigenvalue weighted by Crippen LogP contribution is -2.11. The lowest BCUT2D eigenvalue weighted by atomic mass is 10.0. The predicted molar refractivity (Wildman–Crippen MR) is 97.1 cm³/mol. The van der Waals surface area contributed by atoms with Gasteiger partial charge in [-0.15, -0.1) is 0 Å². The second-order valence-corrected chi connectivity index (χ2v) is 5.68. The van der Waals surface area contributed by atoms with Crippen molar-refractivity contribution >= 4 is 17.2 Å². The van der Waals surface area contributed by atoms with E-state index in [1.54, 1.807) is 12.1 Å². The molecule has 0 aliphatic rings. The van der Waals surface area contributed by atoms with Gasteiger partial charge in [0.15, 0.2) is 5.78 Å². The van der Waals surface area contributed by atoms with E-state index in [-0.39, 0.29) is 18.0 Å². The molecule has 0 fully saturated rings. The van der Waals surface area contributed by atoms with Crippen molar-refractivity contribution in [3.05, 3.63) is 90.0 Å². The van der Waals surface area contributed by atoms with Crippen LogP contribution in [0.5, 0.6) is 5.75 Å². The highest BCUT2D eigenvalue weighted by atomic mass is 16.3. The summed E-state index contributed by atoms with van der Waals surface area (Å²) in [5.74, 6) is -0.0804. The quantitative estimate of drug-likeness (QED) is 0.700. The van der Waals surface area contributed by atoms with Crippen molar-refractivity contribution in [2.75, 3.05) is 11.9 Å². The maximum atomic E-state index is 12.6. The fourth-order valence-electron chi connectivity index (χ4n) is 2.63. The van der Waals surface area contributed by atoms with Crippen LogP contribution in [0.4, 0.5) is 11.4 Å². The first kappa shape index (κ1) is 15.8. The first-order valence-corrected chi connectivity index (χ1v) is 7.84. The maximum absolute atomic E-state index is 12.6. The highest BCUT2D eigenvalue weighted by molar-refractivity contribution is 6.00. The van der Waals surface area contributed by atoms with Gasteiger partial charge in [-0.25, -0.2) is 0 Å². The molecule has 3 heteroatoms. The molecule has 0 saturated carbocycles. The predicted octanol–water partition coefficient (Wildman–Crippen LogP) is 4.59. The average Bonchev–Trinajstić information content (AvgIpc) is 2.63. The number of benzene rings is 3. The number of hydrogen-bond donors (Lipinski definition) is 1. The number of carbonyl (C=O) groups is 1. The Morgan fingerprint density at radius 2 is 1.50 bits per heavy atom. The van der Waals surface area contributed by atoms with E-state index in [9.17, 15) is 9.90 Å². The molecule has 0 aliphatic carbocycles. The molecule has 0 aromatic heterocycles. The van der Waals surface area contributed by atoms with Crippen molar-refractivity contribution < 1.29 is 9.90 Å². The van der Waals surface area contributed by atoms with Gasteiger partial charge in [-0.1, -0.05) is 48.5 Å². The van der Waals surface area contributed by atoms with E-state index in [0.29, 0.717) is 5.56 Å². The molecule has 0 radical (unpaired) electrons. The number of phenols is 1. The highest BCUT2D eigenvalue weighted by Gasteiger charge is 2.14. The Bertz CT molecular complexity index is 829. The maximum Gasteiger partial charge on any atom is 0.171 e. The highest BCUT2D eigenvalue weighted by Crippen LogP contribution is 2.29. The first-order valence-electron chi connectivity index (χ1n) is 7.84. The smallest absolute Gasteiger partial charge is 0.171 e. The minimum absolute atomic E-state index is 0.0149. The zero-order chi connectivity index (χ0) is 16.9. The summed E-state index contributed by atoms with van der Waals surface area (Å²) in [5.41, 5.74) is 3.16. The van der Waals surface area contributed by atoms with Crippen LogP contribution in [-0.4, -0.2) is 17.9 Å². The summed E-state index contributed by atoms with van der Waals surface area (Å²) in [6, 6.07) is 24.6. The van der Waals surface area contributed by atoms with Gasteiger partial charge >= 0.3 is 0 Å². The van der Waals surface area contributed by atoms with Crippen molar-refractivity contribution in [2.45, 2.75) is 6.42 Å². The Morgan fingerprint density at radius 3 is 2.17 bits per heavy atom. The molecule has 3 rings (SSSR count). The Labute approximate surface area is 141 Å². The molecule has 0 heterocycles. The Morgan fingerprint density at radius 1 is 0.875 bits per heavy atom. The van der Waals surface area contributed by atoms with Gasteiger partial charge in [0.1, 0.15) is 5.75 Å². The van der Waals surface area contributed by atoms with Gasteiger partial charge in [0.25, 0.3) is 0 Å². The summed E-state index contributed by atoms with van der Waals surface area (Å²) >= 11 is 0. The third-order valence-electron chi connectivity index (χ3n) is 4.02. The average molecular weight is 317 g/mol. The van der Waals surface area contributed by atoms with Crippen LogP contribution in [0.15, 0.2) is 78.9 Å². The lowest BCUT2D eigenvalue weighted by molar-refractivity contribution is 0.0990. The molecule has 1 N–H and O–H groups in total. The molecule has 3 aromatic rings. The number of carbonyl (C=O) groups excluding carboxylic acids is 1. The number of ketones is 1. The Balaban J connectivity index is 1.87. The van der Waals surface area contributed by atoms with Gasteiger partial charge in [-0.2, -0.15) is 0 Å². The van der Waals surface area contributed by atoms with E-state index in [1.807, 2.05) is 78.7 Å². The molecular weight excluding hydrogens is 298 g/mol. The van der Waals surface area contributed by atoms with E-state index < -0.39 is 0 Å². The number of anilines is 2. The molecule has 0 spiro atoms. The Hall–Kier alpha value is -3.07. The number of rotatable bonds is 5. The summed E-state index contributed by atoms with van der Waals surface area (Å²) in [6.45, 7) is 0. The summed E-state index contributed by atoms with van der Waals surface area (Å²) in [4.78, 5) is 14.6. The van der Waals surface area contributed by atoms with Crippen LogP contribution in [0, 0.1) is 0 Å². The van der Waals surface area contributed by atoms with Crippen molar-refractivity contribution in [3.8, 4) is 5.75 Å². The second-order valence-electron chi connectivity index (χ2n) is 5.68. The van der Waals surface area contributed by atoms with Gasteiger partial charge in [-0.3, -0.25) is 4.79 Å². The number of aromatic hydroxyl groups is 1. The fraction of sp³-hybridized carbons (Fsp3) is 0.0952. The number of nitrogens with zero attached hydrogens (tertiary/aromatic N) is 1. The van der Waals surface area contributed by atoms with Crippen LogP contribution in [0.3, 0.4) is 0 Å². The van der Waals surface area contributed by atoms with Gasteiger partial charge < -0.3 is 10.0 Å². The number of para-hydroxylation sites is 1. The fourth-order valence-corrected chi connectivity index (χ4v) is 2.63. The number of phenolic OH excluding ortho intramolecular Hbond substituents is 1. The monoisotopic (exact) mass is 317 g/mol. The summed E-state index contributed by atoms with van der Waals surface area (Å²) in [7, 11) is 1.94. The van der Waals surface area contributed by atoms with E-state index in [0.717, 1.165) is 16.9 Å². The van der Waals surface area contributed by atoms with Crippen LogP contribution in [0.2, 0.25) is 0 Å². The van der Waals surface area contributed by atoms with Crippen LogP contribution in [0.1, 0.15) is 15.9 Å². The summed E-state index contributed by atoms with van der Waals surface area (Å²) < 4.78 is 0. The molecule has 0 atom stereocenters. The zero-order valence-electron chi connectivity index (χ0n) is 13.5. The standard InChI is InChI=1S/C21H19NO2/c1-22(17-10-6-3-7-11-17)18-12-13-20(23)19(15-18)21(24)14-16-8-4-2-5-9-16/h2-13,15,23H,14H2,1H3. The van der Waals surface area contributed by atoms with Crippen LogP contribution < -0.4 is 4.90 Å². The van der Waals surface area contributed by atoms with E-state index in [1.165, 1.54) is 0 Å². The van der Waals surface area contributed by atoms with Crippen LogP contribution >= 0.6 is 0 Å². The molecule has 120 valence electrons. The molecule has 0 bridgehead atoms. The zero-order valence-corrected chi connectivity index (χ0v) is 13.5. The molecule has 0 saturated heterocycles. The second kappa shape index (κ2) is 7.01. The van der Waals surface area contributed by atoms with Crippen molar-refractivity contribution in [2.24, 2.45) is 0 Å². The van der Waals surface area contributed by atoms with Crippen LogP contribution in [0.25, 0.3) is 0 Å².